The minimum absolute atomic E-state index is 0.0190. The Kier molecular flexibility index (Phi) is 4.07. The molecule has 6 heteroatoms. The maximum absolute atomic E-state index is 12.0. The first-order chi connectivity index (χ1) is 8.97. The van der Waals surface area contributed by atoms with Gasteiger partial charge < -0.3 is 10.4 Å². The van der Waals surface area contributed by atoms with Crippen LogP contribution >= 0.6 is 27.5 Å². The van der Waals surface area contributed by atoms with E-state index in [1.165, 1.54) is 18.2 Å². The van der Waals surface area contributed by atoms with E-state index in [1.807, 2.05) is 6.92 Å². The van der Waals surface area contributed by atoms with Crippen LogP contribution in [0.5, 0.6) is 5.75 Å². The van der Waals surface area contributed by atoms with E-state index in [0.717, 1.165) is 10.0 Å². The molecule has 0 saturated heterocycles. The van der Waals surface area contributed by atoms with Crippen molar-refractivity contribution in [2.45, 2.75) is 6.92 Å². The van der Waals surface area contributed by atoms with E-state index in [0.29, 0.717) is 5.82 Å². The first kappa shape index (κ1) is 13.8. The number of aromatic hydroxyl groups is 1. The Bertz CT molecular complexity index is 647. The van der Waals surface area contributed by atoms with Crippen molar-refractivity contribution in [2.75, 3.05) is 5.32 Å². The predicted octanol–water partition coefficient (Wildman–Crippen LogP) is 3.76. The van der Waals surface area contributed by atoms with E-state index in [1.54, 1.807) is 12.3 Å². The number of rotatable bonds is 2. The molecule has 4 nitrogen and oxygen atoms in total. The number of anilines is 1. The summed E-state index contributed by atoms with van der Waals surface area (Å²) in [4.78, 5) is 16.1. The highest BCUT2D eigenvalue weighted by atomic mass is 79.9. The molecule has 1 aromatic carbocycles. The molecule has 0 bridgehead atoms. The van der Waals surface area contributed by atoms with E-state index < -0.39 is 5.91 Å². The molecule has 0 spiro atoms. The quantitative estimate of drug-likeness (QED) is 0.874. The van der Waals surface area contributed by atoms with E-state index >= 15 is 0 Å². The zero-order chi connectivity index (χ0) is 14.0. The van der Waals surface area contributed by atoms with Gasteiger partial charge >= 0.3 is 0 Å². The van der Waals surface area contributed by atoms with Gasteiger partial charge in [0.05, 0.1) is 10.6 Å². The monoisotopic (exact) mass is 340 g/mol. The van der Waals surface area contributed by atoms with Crippen LogP contribution in [0.25, 0.3) is 0 Å². The Hall–Kier alpha value is -1.59. The number of phenolic OH excluding ortho intramolecular Hbond substituents is 1. The van der Waals surface area contributed by atoms with Crippen molar-refractivity contribution in [3.8, 4) is 5.75 Å². The van der Waals surface area contributed by atoms with Gasteiger partial charge in [-0.3, -0.25) is 4.79 Å². The number of halogens is 2. The Morgan fingerprint density at radius 2 is 2.16 bits per heavy atom. The summed E-state index contributed by atoms with van der Waals surface area (Å²) >= 11 is 9.25. The first-order valence-electron chi connectivity index (χ1n) is 5.39. The van der Waals surface area contributed by atoms with Crippen molar-refractivity contribution in [1.82, 2.24) is 4.98 Å². The number of hydrogen-bond acceptors (Lipinski definition) is 3. The standard InChI is InChI=1S/C13H10BrClN2O2/c1-7-4-12(16-6-10(7)14)17-13(19)9-5-8(18)2-3-11(9)15/h2-6,18H,1H3,(H,16,17,19). The van der Waals surface area contributed by atoms with E-state index in [-0.39, 0.29) is 16.3 Å². The van der Waals surface area contributed by atoms with Crippen LogP contribution in [0.15, 0.2) is 34.9 Å². The molecule has 0 atom stereocenters. The number of amides is 1. The van der Waals surface area contributed by atoms with Gasteiger partial charge in [0.15, 0.2) is 0 Å². The smallest absolute Gasteiger partial charge is 0.258 e. The minimum atomic E-state index is -0.421. The van der Waals surface area contributed by atoms with Gasteiger partial charge in [-0.15, -0.1) is 0 Å². The molecular weight excluding hydrogens is 332 g/mol. The average Bonchev–Trinajstić information content (AvgIpc) is 2.36. The maximum Gasteiger partial charge on any atom is 0.258 e. The number of carbonyl (C=O) groups is 1. The predicted molar refractivity (Wildman–Crippen MR) is 77.7 cm³/mol. The molecule has 1 amide bonds. The summed E-state index contributed by atoms with van der Waals surface area (Å²) in [6, 6.07) is 5.93. The number of phenols is 1. The van der Waals surface area contributed by atoms with Gasteiger partial charge in [-0.2, -0.15) is 0 Å². The van der Waals surface area contributed by atoms with Gasteiger partial charge in [0.2, 0.25) is 0 Å². The molecule has 0 aliphatic rings. The van der Waals surface area contributed by atoms with Crippen LogP contribution in [0.3, 0.4) is 0 Å². The fourth-order valence-corrected chi connectivity index (χ4v) is 1.90. The second-order valence-corrected chi connectivity index (χ2v) is 5.20. The number of hydrogen-bond donors (Lipinski definition) is 2. The van der Waals surface area contributed by atoms with E-state index in [2.05, 4.69) is 26.2 Å². The van der Waals surface area contributed by atoms with Gasteiger partial charge in [0.25, 0.3) is 5.91 Å². The second kappa shape index (κ2) is 5.59. The molecular formula is C13H10BrClN2O2. The third-order valence-corrected chi connectivity index (χ3v) is 3.64. The molecule has 0 aliphatic carbocycles. The summed E-state index contributed by atoms with van der Waals surface area (Å²) in [5.41, 5.74) is 1.15. The molecule has 19 heavy (non-hydrogen) atoms. The number of carbonyl (C=O) groups excluding carboxylic acids is 1. The van der Waals surface area contributed by atoms with Crippen molar-refractivity contribution in [2.24, 2.45) is 0 Å². The number of aromatic nitrogens is 1. The summed E-state index contributed by atoms with van der Waals surface area (Å²) in [6.07, 6.45) is 1.61. The van der Waals surface area contributed by atoms with E-state index in [9.17, 15) is 9.90 Å². The molecule has 0 aliphatic heterocycles. The molecule has 0 saturated carbocycles. The molecule has 0 radical (unpaired) electrons. The van der Waals surface area contributed by atoms with Gasteiger partial charge in [0, 0.05) is 10.7 Å². The van der Waals surface area contributed by atoms with Crippen LogP contribution < -0.4 is 5.32 Å². The first-order valence-corrected chi connectivity index (χ1v) is 6.56. The average molecular weight is 342 g/mol. The molecule has 98 valence electrons. The molecule has 2 rings (SSSR count). The van der Waals surface area contributed by atoms with Crippen LogP contribution in [-0.4, -0.2) is 16.0 Å². The number of benzene rings is 1. The van der Waals surface area contributed by atoms with Crippen molar-refractivity contribution < 1.29 is 9.90 Å². The Balaban J connectivity index is 2.25. The Labute approximate surface area is 123 Å². The van der Waals surface area contributed by atoms with Gasteiger partial charge in [-0.1, -0.05) is 11.6 Å². The Morgan fingerprint density at radius 1 is 1.42 bits per heavy atom. The third-order valence-electron chi connectivity index (χ3n) is 2.48. The largest absolute Gasteiger partial charge is 0.508 e. The topological polar surface area (TPSA) is 62.2 Å². The van der Waals surface area contributed by atoms with Gasteiger partial charge in [0.1, 0.15) is 11.6 Å². The zero-order valence-corrected chi connectivity index (χ0v) is 12.3. The molecule has 0 fully saturated rings. The lowest BCUT2D eigenvalue weighted by Crippen LogP contribution is -2.13. The van der Waals surface area contributed by atoms with Crippen molar-refractivity contribution in [3.63, 3.8) is 0 Å². The number of pyridine rings is 1. The van der Waals surface area contributed by atoms with Crippen LogP contribution in [0.4, 0.5) is 5.82 Å². The molecule has 2 N–H and O–H groups in total. The molecule has 1 aromatic heterocycles. The van der Waals surface area contributed by atoms with Crippen molar-refractivity contribution >= 4 is 39.3 Å². The lowest BCUT2D eigenvalue weighted by atomic mass is 10.2. The molecule has 1 heterocycles. The highest BCUT2D eigenvalue weighted by molar-refractivity contribution is 9.10. The van der Waals surface area contributed by atoms with Gasteiger partial charge in [-0.05, 0) is 52.7 Å². The SMILES string of the molecule is Cc1cc(NC(=O)c2cc(O)ccc2Cl)ncc1Br. The summed E-state index contributed by atoms with van der Waals surface area (Å²) in [5, 5.41) is 12.3. The van der Waals surface area contributed by atoms with Gasteiger partial charge in [-0.25, -0.2) is 4.98 Å². The van der Waals surface area contributed by atoms with Crippen LogP contribution in [-0.2, 0) is 0 Å². The lowest BCUT2D eigenvalue weighted by Gasteiger charge is -2.07. The highest BCUT2D eigenvalue weighted by Crippen LogP contribution is 2.23. The summed E-state index contributed by atoms with van der Waals surface area (Å²) in [6.45, 7) is 1.89. The van der Waals surface area contributed by atoms with Crippen molar-refractivity contribution in [1.29, 1.82) is 0 Å². The Morgan fingerprint density at radius 3 is 2.84 bits per heavy atom. The van der Waals surface area contributed by atoms with Crippen LogP contribution in [0.1, 0.15) is 15.9 Å². The second-order valence-electron chi connectivity index (χ2n) is 3.94. The van der Waals surface area contributed by atoms with Crippen LogP contribution in [0.2, 0.25) is 5.02 Å². The molecule has 2 aromatic rings. The zero-order valence-electron chi connectivity index (χ0n) is 9.95. The maximum atomic E-state index is 12.0. The summed E-state index contributed by atoms with van der Waals surface area (Å²) < 4.78 is 0.862. The normalized spacial score (nSPS) is 10.3. The number of aryl methyl sites for hydroxylation is 1. The highest BCUT2D eigenvalue weighted by Gasteiger charge is 2.12. The fourth-order valence-electron chi connectivity index (χ4n) is 1.48. The summed E-state index contributed by atoms with van der Waals surface area (Å²) in [5.74, 6) is -0.0188. The lowest BCUT2D eigenvalue weighted by molar-refractivity contribution is 0.102. The third kappa shape index (κ3) is 3.24. The number of nitrogens with one attached hydrogen (secondary N) is 1. The minimum Gasteiger partial charge on any atom is -0.508 e. The van der Waals surface area contributed by atoms with Crippen molar-refractivity contribution in [3.05, 3.63) is 51.1 Å². The number of nitrogens with zero attached hydrogens (tertiary/aromatic N) is 1. The molecule has 0 unspecified atom stereocenters. The summed E-state index contributed by atoms with van der Waals surface area (Å²) in [7, 11) is 0. The fraction of sp³-hybridized carbons (Fsp3) is 0.0769. The van der Waals surface area contributed by atoms with E-state index in [4.69, 9.17) is 11.6 Å². The van der Waals surface area contributed by atoms with Crippen LogP contribution in [0, 0.1) is 6.92 Å².